The fourth-order valence-electron chi connectivity index (χ4n) is 2.79. The zero-order valence-corrected chi connectivity index (χ0v) is 15.5. The van der Waals surface area contributed by atoms with Crippen LogP contribution in [0.25, 0.3) is 0 Å². The topological polar surface area (TPSA) is 131 Å². The van der Waals surface area contributed by atoms with E-state index in [4.69, 9.17) is 9.47 Å². The fraction of sp³-hybridized carbons (Fsp3) is 0.611. The number of carbonyl (C=O) groups is 1. The van der Waals surface area contributed by atoms with Gasteiger partial charge in [-0.25, -0.2) is 4.79 Å². The van der Waals surface area contributed by atoms with Crippen LogP contribution in [0, 0.1) is 5.82 Å². The van der Waals surface area contributed by atoms with Crippen molar-refractivity contribution in [3.05, 3.63) is 45.0 Å². The largest absolute Gasteiger partial charge is 0.463 e. The van der Waals surface area contributed by atoms with E-state index in [9.17, 15) is 29.0 Å². The van der Waals surface area contributed by atoms with Crippen LogP contribution in [0.1, 0.15) is 45.3 Å². The number of esters is 1. The fourth-order valence-corrected chi connectivity index (χ4v) is 2.79. The van der Waals surface area contributed by atoms with Crippen LogP contribution >= 0.6 is 0 Å². The number of unbranched alkanes of at least 4 members (excludes halogenated alkanes) is 3. The number of halogens is 1. The number of aliphatic hydroxyl groups is 2. The number of ether oxygens (including phenoxy) is 2. The average Bonchev–Trinajstić information content (AvgIpc) is 2.94. The normalized spacial score (nSPS) is 24.7. The van der Waals surface area contributed by atoms with Crippen LogP contribution in [0.4, 0.5) is 4.39 Å². The Kier molecular flexibility index (Phi) is 8.09. The second kappa shape index (κ2) is 10.3. The second-order valence-corrected chi connectivity index (χ2v) is 6.54. The number of carbonyl (C=O) groups excluding carboxylic acids is 1. The van der Waals surface area contributed by atoms with Crippen molar-refractivity contribution < 1.29 is 28.9 Å². The Hall–Kier alpha value is -2.30. The molecule has 1 aromatic rings. The van der Waals surface area contributed by atoms with E-state index < -0.39 is 47.6 Å². The monoisotopic (exact) mass is 400 g/mol. The van der Waals surface area contributed by atoms with Gasteiger partial charge in [0.1, 0.15) is 24.9 Å². The van der Waals surface area contributed by atoms with Crippen molar-refractivity contribution >= 4 is 5.97 Å². The molecule has 156 valence electrons. The van der Waals surface area contributed by atoms with E-state index in [1.807, 2.05) is 6.08 Å². The van der Waals surface area contributed by atoms with Gasteiger partial charge in [0.2, 0.25) is 5.82 Å². The number of aromatic nitrogens is 2. The van der Waals surface area contributed by atoms with E-state index in [1.165, 1.54) is 0 Å². The van der Waals surface area contributed by atoms with Crippen LogP contribution in [-0.2, 0) is 14.3 Å². The highest BCUT2D eigenvalue weighted by atomic mass is 19.1. The van der Waals surface area contributed by atoms with Crippen molar-refractivity contribution in [1.29, 1.82) is 0 Å². The molecule has 0 amide bonds. The Balaban J connectivity index is 1.89. The highest BCUT2D eigenvalue weighted by molar-refractivity contribution is 5.71. The van der Waals surface area contributed by atoms with Gasteiger partial charge in [0.25, 0.3) is 5.56 Å². The van der Waals surface area contributed by atoms with Crippen molar-refractivity contribution in [1.82, 2.24) is 9.55 Å². The lowest BCUT2D eigenvalue weighted by Crippen LogP contribution is -2.38. The zero-order valence-electron chi connectivity index (χ0n) is 15.5. The summed E-state index contributed by atoms with van der Waals surface area (Å²) in [6, 6.07) is 0. The number of nitrogens with one attached hydrogen (secondary N) is 1. The number of allylic oxidation sites excluding steroid dienone is 1. The third kappa shape index (κ3) is 5.60. The van der Waals surface area contributed by atoms with Crippen molar-refractivity contribution in [3.63, 3.8) is 0 Å². The van der Waals surface area contributed by atoms with Gasteiger partial charge in [-0.2, -0.15) is 4.39 Å². The number of aliphatic hydroxyl groups excluding tert-OH is 2. The lowest BCUT2D eigenvalue weighted by Gasteiger charge is -2.16. The second-order valence-electron chi connectivity index (χ2n) is 6.54. The average molecular weight is 400 g/mol. The molecule has 28 heavy (non-hydrogen) atoms. The smallest absolute Gasteiger partial charge is 0.330 e. The third-order valence-electron chi connectivity index (χ3n) is 4.37. The van der Waals surface area contributed by atoms with E-state index in [-0.39, 0.29) is 13.0 Å². The molecule has 0 radical (unpaired) electrons. The van der Waals surface area contributed by atoms with Gasteiger partial charge in [0.15, 0.2) is 6.23 Å². The molecule has 0 aliphatic carbocycles. The van der Waals surface area contributed by atoms with E-state index in [1.54, 1.807) is 11.1 Å². The molecule has 1 fully saturated rings. The molecule has 3 N–H and O–H groups in total. The lowest BCUT2D eigenvalue weighted by atomic mass is 10.1. The SMILES string of the molecule is CCCCC/C=C/CC(=O)OC[C@H]1O[C@@H](n2cc(F)c(=O)[nH]c2=O)[C@H](O)[C@@H]1O. The molecule has 9 nitrogen and oxygen atoms in total. The van der Waals surface area contributed by atoms with Gasteiger partial charge in [0.05, 0.1) is 12.6 Å². The molecule has 1 saturated heterocycles. The van der Waals surface area contributed by atoms with Gasteiger partial charge in [-0.1, -0.05) is 31.9 Å². The summed E-state index contributed by atoms with van der Waals surface area (Å²) in [5, 5.41) is 20.1. The molecule has 10 heteroatoms. The summed E-state index contributed by atoms with van der Waals surface area (Å²) in [4.78, 5) is 36.4. The molecular weight excluding hydrogens is 375 g/mol. The van der Waals surface area contributed by atoms with E-state index in [2.05, 4.69) is 6.92 Å². The lowest BCUT2D eigenvalue weighted by molar-refractivity contribution is -0.149. The minimum Gasteiger partial charge on any atom is -0.463 e. The summed E-state index contributed by atoms with van der Waals surface area (Å²) in [5.74, 6) is -1.78. The Bertz CT molecular complexity index is 804. The van der Waals surface area contributed by atoms with Gasteiger partial charge in [0, 0.05) is 0 Å². The maximum Gasteiger partial charge on any atom is 0.330 e. The summed E-state index contributed by atoms with van der Waals surface area (Å²) in [7, 11) is 0. The molecule has 1 aliphatic rings. The molecule has 4 atom stereocenters. The summed E-state index contributed by atoms with van der Waals surface area (Å²) in [6.45, 7) is 1.75. The summed E-state index contributed by atoms with van der Waals surface area (Å²) < 4.78 is 24.4. The molecule has 1 aromatic heterocycles. The van der Waals surface area contributed by atoms with Gasteiger partial charge in [-0.05, 0) is 12.8 Å². The van der Waals surface area contributed by atoms with Crippen LogP contribution in [0.15, 0.2) is 27.9 Å². The number of nitrogens with zero attached hydrogens (tertiary/aromatic N) is 1. The standard InChI is InChI=1S/C18H25FN2O7/c1-2-3-4-5-6-7-8-13(22)27-10-12-14(23)15(24)17(28-12)21-9-11(19)16(25)20-18(21)26/h6-7,9,12,14-15,17,23-24H,2-5,8,10H2,1H3,(H,20,25,26)/b7-6+/t12-,14-,15-,17-/m1/s1. The molecule has 1 aliphatic heterocycles. The first-order valence-electron chi connectivity index (χ1n) is 9.18. The zero-order chi connectivity index (χ0) is 20.7. The quantitative estimate of drug-likeness (QED) is 0.310. The Labute approximate surface area is 160 Å². The number of rotatable bonds is 9. The minimum atomic E-state index is -1.58. The van der Waals surface area contributed by atoms with Crippen molar-refractivity contribution in [3.8, 4) is 0 Å². The predicted octanol–water partition coefficient (Wildman–Crippen LogP) is 0.365. The van der Waals surface area contributed by atoms with Crippen LogP contribution in [0.3, 0.4) is 0 Å². The van der Waals surface area contributed by atoms with E-state index >= 15 is 0 Å². The van der Waals surface area contributed by atoms with Crippen LogP contribution < -0.4 is 11.2 Å². The summed E-state index contributed by atoms with van der Waals surface area (Å²) in [5.41, 5.74) is -2.21. The molecule has 0 unspecified atom stereocenters. The third-order valence-corrected chi connectivity index (χ3v) is 4.37. The summed E-state index contributed by atoms with van der Waals surface area (Å²) >= 11 is 0. The first kappa shape index (κ1) is 22.0. The van der Waals surface area contributed by atoms with E-state index in [0.29, 0.717) is 10.8 Å². The highest BCUT2D eigenvalue weighted by Gasteiger charge is 2.44. The van der Waals surface area contributed by atoms with Crippen LogP contribution in [-0.4, -0.2) is 50.7 Å². The Morgan fingerprint density at radius 2 is 2.07 bits per heavy atom. The van der Waals surface area contributed by atoms with Crippen LogP contribution in [0.5, 0.6) is 0 Å². The van der Waals surface area contributed by atoms with Crippen molar-refractivity contribution in [2.24, 2.45) is 0 Å². The van der Waals surface area contributed by atoms with E-state index in [0.717, 1.165) is 25.7 Å². The number of aromatic amines is 1. The molecule has 0 spiro atoms. The predicted molar refractivity (Wildman–Crippen MR) is 96.1 cm³/mol. The van der Waals surface area contributed by atoms with Gasteiger partial charge in [-0.3, -0.25) is 19.1 Å². The maximum absolute atomic E-state index is 13.4. The molecule has 2 heterocycles. The number of hydrogen-bond acceptors (Lipinski definition) is 7. The molecular formula is C18H25FN2O7. The number of hydrogen-bond donors (Lipinski definition) is 3. The first-order valence-corrected chi connectivity index (χ1v) is 9.18. The first-order chi connectivity index (χ1) is 13.3. The van der Waals surface area contributed by atoms with Crippen molar-refractivity contribution in [2.75, 3.05) is 6.61 Å². The molecule has 0 saturated carbocycles. The maximum atomic E-state index is 13.4. The van der Waals surface area contributed by atoms with Gasteiger partial charge in [-0.15, -0.1) is 0 Å². The Morgan fingerprint density at radius 3 is 2.79 bits per heavy atom. The molecule has 2 rings (SSSR count). The minimum absolute atomic E-state index is 0.0610. The highest BCUT2D eigenvalue weighted by Crippen LogP contribution is 2.28. The molecule has 0 aromatic carbocycles. The number of H-pyrrole nitrogens is 1. The summed E-state index contributed by atoms with van der Waals surface area (Å²) in [6.07, 6.45) is 2.81. The Morgan fingerprint density at radius 1 is 1.32 bits per heavy atom. The molecule has 0 bridgehead atoms. The van der Waals surface area contributed by atoms with Crippen LogP contribution in [0.2, 0.25) is 0 Å². The van der Waals surface area contributed by atoms with Gasteiger partial charge >= 0.3 is 11.7 Å². The van der Waals surface area contributed by atoms with Gasteiger partial charge < -0.3 is 19.7 Å². The van der Waals surface area contributed by atoms with Crippen molar-refractivity contribution in [2.45, 2.75) is 63.6 Å².